The third-order valence-electron chi connectivity index (χ3n) is 4.84. The Hall–Kier alpha value is -2.38. The minimum absolute atomic E-state index is 0.0150. The smallest absolute Gasteiger partial charge is 0.319 e. The van der Waals surface area contributed by atoms with Crippen LogP contribution in [0.1, 0.15) is 33.3 Å². The molecule has 29 heavy (non-hydrogen) atoms. The van der Waals surface area contributed by atoms with Crippen molar-refractivity contribution in [2.75, 3.05) is 33.9 Å². The highest BCUT2D eigenvalue weighted by atomic mass is 16.5. The van der Waals surface area contributed by atoms with Gasteiger partial charge in [0.1, 0.15) is 5.75 Å². The maximum atomic E-state index is 12.8. The average molecular weight is 405 g/mol. The number of esters is 1. The van der Waals surface area contributed by atoms with E-state index in [9.17, 15) is 14.7 Å². The van der Waals surface area contributed by atoms with Crippen molar-refractivity contribution >= 4 is 22.8 Å². The molecule has 1 aromatic heterocycles. The Labute approximate surface area is 172 Å². The van der Waals surface area contributed by atoms with Crippen LogP contribution in [0.2, 0.25) is 0 Å². The highest BCUT2D eigenvalue weighted by Crippen LogP contribution is 2.31. The zero-order valence-electron chi connectivity index (χ0n) is 18.2. The van der Waals surface area contributed by atoms with Crippen LogP contribution >= 0.6 is 0 Å². The number of carboxylic acid groups (broad SMARTS) is 1. The summed E-state index contributed by atoms with van der Waals surface area (Å²) in [5, 5.41) is 10.1. The van der Waals surface area contributed by atoms with Crippen LogP contribution in [0.5, 0.6) is 5.75 Å². The Morgan fingerprint density at radius 1 is 1.10 bits per heavy atom. The lowest BCUT2D eigenvalue weighted by atomic mass is 9.93. The van der Waals surface area contributed by atoms with Crippen molar-refractivity contribution in [2.45, 2.75) is 34.1 Å². The number of H-pyrrole nitrogens is 1. The Balaban J connectivity index is 2.11. The highest BCUT2D eigenvalue weighted by molar-refractivity contribution is 5.92. The molecule has 2 rings (SSSR count). The minimum Gasteiger partial charge on any atom is -0.481 e. The summed E-state index contributed by atoms with van der Waals surface area (Å²) < 4.78 is 11.3. The quantitative estimate of drug-likeness (QED) is 0.466. The lowest BCUT2D eigenvalue weighted by Gasteiger charge is -2.25. The second-order valence-electron chi connectivity index (χ2n) is 9.00. The van der Waals surface area contributed by atoms with E-state index in [0.29, 0.717) is 5.75 Å². The molecule has 0 spiro atoms. The SMILES string of the molecule is CN(C)CCc1c[nH]c2cccc(OC(=O)C(C)(C)COCC(C)(C)C(=O)O)c12. The van der Waals surface area contributed by atoms with Crippen LogP contribution in [0.25, 0.3) is 10.9 Å². The Bertz CT molecular complexity index is 867. The number of benzene rings is 1. The fourth-order valence-electron chi connectivity index (χ4n) is 2.77. The van der Waals surface area contributed by atoms with Crippen molar-refractivity contribution < 1.29 is 24.2 Å². The van der Waals surface area contributed by atoms with Crippen LogP contribution in [-0.4, -0.2) is 60.8 Å². The van der Waals surface area contributed by atoms with Gasteiger partial charge in [-0.05, 0) is 65.9 Å². The zero-order valence-corrected chi connectivity index (χ0v) is 18.2. The van der Waals surface area contributed by atoms with Crippen molar-refractivity contribution in [2.24, 2.45) is 10.8 Å². The predicted molar refractivity (Wildman–Crippen MR) is 112 cm³/mol. The summed E-state index contributed by atoms with van der Waals surface area (Å²) in [4.78, 5) is 29.4. The van der Waals surface area contributed by atoms with E-state index in [1.165, 1.54) is 0 Å². The van der Waals surface area contributed by atoms with E-state index >= 15 is 0 Å². The molecule has 0 saturated carbocycles. The van der Waals surface area contributed by atoms with E-state index in [4.69, 9.17) is 9.47 Å². The molecule has 1 heterocycles. The number of carbonyl (C=O) groups excluding carboxylic acids is 1. The molecule has 0 aliphatic rings. The van der Waals surface area contributed by atoms with Crippen molar-refractivity contribution in [3.05, 3.63) is 30.0 Å². The molecular weight excluding hydrogens is 372 g/mol. The molecule has 0 fully saturated rings. The number of carboxylic acids is 1. The maximum absolute atomic E-state index is 12.8. The van der Waals surface area contributed by atoms with Gasteiger partial charge < -0.3 is 24.5 Å². The summed E-state index contributed by atoms with van der Waals surface area (Å²) >= 11 is 0. The van der Waals surface area contributed by atoms with Crippen LogP contribution in [0, 0.1) is 10.8 Å². The molecule has 0 bridgehead atoms. The molecule has 0 atom stereocenters. The number of aliphatic carboxylic acids is 1. The number of nitrogens with one attached hydrogen (secondary N) is 1. The van der Waals surface area contributed by atoms with Gasteiger partial charge in [-0.1, -0.05) is 6.07 Å². The van der Waals surface area contributed by atoms with E-state index in [1.807, 2.05) is 32.4 Å². The van der Waals surface area contributed by atoms with E-state index < -0.39 is 22.8 Å². The summed E-state index contributed by atoms with van der Waals surface area (Å²) in [5.74, 6) is -0.846. The number of aromatic nitrogens is 1. The summed E-state index contributed by atoms with van der Waals surface area (Å²) in [6.45, 7) is 7.60. The summed E-state index contributed by atoms with van der Waals surface area (Å²) in [6, 6.07) is 5.59. The lowest BCUT2D eigenvalue weighted by Crippen LogP contribution is -2.36. The molecule has 0 aliphatic heterocycles. The first-order valence-electron chi connectivity index (χ1n) is 9.71. The molecule has 0 amide bonds. The fourth-order valence-corrected chi connectivity index (χ4v) is 2.77. The number of rotatable bonds is 10. The van der Waals surface area contributed by atoms with Crippen LogP contribution in [0.4, 0.5) is 0 Å². The molecule has 0 radical (unpaired) electrons. The van der Waals surface area contributed by atoms with Gasteiger partial charge in [0.05, 0.1) is 24.0 Å². The van der Waals surface area contributed by atoms with Crippen LogP contribution in [0.3, 0.4) is 0 Å². The minimum atomic E-state index is -1.02. The first kappa shape index (κ1) is 22.9. The average Bonchev–Trinajstić information content (AvgIpc) is 3.03. The summed E-state index contributed by atoms with van der Waals surface area (Å²) in [6.07, 6.45) is 2.78. The van der Waals surface area contributed by atoms with E-state index in [0.717, 1.165) is 29.4 Å². The van der Waals surface area contributed by atoms with E-state index in [1.54, 1.807) is 33.8 Å². The van der Waals surface area contributed by atoms with Gasteiger partial charge in [0, 0.05) is 23.6 Å². The normalized spacial score (nSPS) is 12.5. The Morgan fingerprint density at radius 2 is 1.76 bits per heavy atom. The number of hydrogen-bond acceptors (Lipinski definition) is 5. The molecular formula is C22H32N2O5. The molecule has 0 saturated heterocycles. The van der Waals surface area contributed by atoms with E-state index in [2.05, 4.69) is 9.88 Å². The van der Waals surface area contributed by atoms with Crippen LogP contribution in [0.15, 0.2) is 24.4 Å². The number of aromatic amines is 1. The highest BCUT2D eigenvalue weighted by Gasteiger charge is 2.33. The standard InChI is InChI=1S/C22H32N2O5/c1-21(2,19(25)26)13-28-14-22(3,4)20(27)29-17-9-7-8-16-18(17)15(12-23-16)10-11-24(5)6/h7-9,12,23H,10-11,13-14H2,1-6H3,(H,25,26). The van der Waals surface area contributed by atoms with Gasteiger partial charge in [-0.25, -0.2) is 0 Å². The van der Waals surface area contributed by atoms with Gasteiger partial charge in [-0.3, -0.25) is 9.59 Å². The van der Waals surface area contributed by atoms with Crippen LogP contribution in [-0.2, 0) is 20.7 Å². The molecule has 0 unspecified atom stereocenters. The van der Waals surface area contributed by atoms with Crippen molar-refractivity contribution in [1.29, 1.82) is 0 Å². The zero-order chi connectivity index (χ0) is 21.8. The van der Waals surface area contributed by atoms with Gasteiger partial charge >= 0.3 is 11.9 Å². The second-order valence-corrected chi connectivity index (χ2v) is 9.00. The Kier molecular flexibility index (Phi) is 7.08. The van der Waals surface area contributed by atoms with Gasteiger partial charge in [0.25, 0.3) is 0 Å². The number of ether oxygens (including phenoxy) is 2. The number of carbonyl (C=O) groups is 2. The third-order valence-corrected chi connectivity index (χ3v) is 4.84. The molecule has 1 aromatic carbocycles. The number of hydrogen-bond donors (Lipinski definition) is 2. The number of nitrogens with zero attached hydrogens (tertiary/aromatic N) is 1. The summed E-state index contributed by atoms with van der Waals surface area (Å²) in [7, 11) is 4.04. The third kappa shape index (κ3) is 5.81. The van der Waals surface area contributed by atoms with Crippen molar-refractivity contribution in [1.82, 2.24) is 9.88 Å². The molecule has 160 valence electrons. The topological polar surface area (TPSA) is 91.9 Å². The van der Waals surface area contributed by atoms with Crippen molar-refractivity contribution in [3.63, 3.8) is 0 Å². The van der Waals surface area contributed by atoms with Crippen molar-refractivity contribution in [3.8, 4) is 5.75 Å². The largest absolute Gasteiger partial charge is 0.481 e. The molecule has 2 N–H and O–H groups in total. The number of fused-ring (bicyclic) bond motifs is 1. The first-order valence-corrected chi connectivity index (χ1v) is 9.71. The maximum Gasteiger partial charge on any atom is 0.319 e. The van der Waals surface area contributed by atoms with Gasteiger partial charge in [-0.15, -0.1) is 0 Å². The fraction of sp³-hybridized carbons (Fsp3) is 0.545. The van der Waals surface area contributed by atoms with E-state index in [-0.39, 0.29) is 13.2 Å². The lowest BCUT2D eigenvalue weighted by molar-refractivity contribution is -0.153. The predicted octanol–water partition coefficient (Wildman–Crippen LogP) is 3.33. The van der Waals surface area contributed by atoms with Gasteiger partial charge in [0.2, 0.25) is 0 Å². The molecule has 7 heteroatoms. The first-order chi connectivity index (χ1) is 13.4. The summed E-state index contributed by atoms with van der Waals surface area (Å²) in [5.41, 5.74) is 0.0743. The molecule has 7 nitrogen and oxygen atoms in total. The van der Waals surface area contributed by atoms with Crippen LogP contribution < -0.4 is 4.74 Å². The van der Waals surface area contributed by atoms with Gasteiger partial charge in [0.15, 0.2) is 0 Å². The van der Waals surface area contributed by atoms with Gasteiger partial charge in [-0.2, -0.15) is 0 Å². The second kappa shape index (κ2) is 8.97. The monoisotopic (exact) mass is 404 g/mol. The Morgan fingerprint density at radius 3 is 2.38 bits per heavy atom. The molecule has 0 aliphatic carbocycles. The molecule has 2 aromatic rings. The number of likely N-dealkylation sites (N-methyl/N-ethyl adjacent to an activating group) is 1.